The first kappa shape index (κ1) is 18.2. The first-order valence-corrected chi connectivity index (χ1v) is 7.49. The number of hydrogen-bond acceptors (Lipinski definition) is 4. The van der Waals surface area contributed by atoms with E-state index in [0.717, 1.165) is 23.4 Å². The molecule has 1 aliphatic rings. The summed E-state index contributed by atoms with van der Waals surface area (Å²) in [5.41, 5.74) is 0. The Kier molecular flexibility index (Phi) is 8.68. The van der Waals surface area contributed by atoms with Gasteiger partial charge in [-0.05, 0) is 24.3 Å². The van der Waals surface area contributed by atoms with Crippen LogP contribution in [0.25, 0.3) is 0 Å². The number of ether oxygens (including phenoxy) is 2. The van der Waals surface area contributed by atoms with Gasteiger partial charge in [0.15, 0.2) is 0 Å². The van der Waals surface area contributed by atoms with Gasteiger partial charge in [-0.25, -0.2) is 0 Å². The molecule has 0 aliphatic carbocycles. The van der Waals surface area contributed by atoms with Crippen molar-refractivity contribution in [2.24, 2.45) is 0 Å². The van der Waals surface area contributed by atoms with E-state index in [4.69, 9.17) is 9.47 Å². The van der Waals surface area contributed by atoms with E-state index in [2.05, 4.69) is 26.6 Å². The minimum atomic E-state index is 0. The Morgan fingerprint density at radius 3 is 2.86 bits per heavy atom. The third-order valence-electron chi connectivity index (χ3n) is 2.94. The average Bonchev–Trinajstić information content (AvgIpc) is 2.46. The first-order chi connectivity index (χ1) is 9.74. The molecule has 2 N–H and O–H groups in total. The number of amides is 1. The maximum Gasteiger partial charge on any atom is 0.221 e. The SMILES string of the molecule is Cl.O=C(CC1COCCN1)NCCOc1ccc(Br)cc1. The summed E-state index contributed by atoms with van der Waals surface area (Å²) in [7, 11) is 0. The Labute approximate surface area is 139 Å². The molecule has 1 unspecified atom stereocenters. The van der Waals surface area contributed by atoms with Crippen LogP contribution in [0.5, 0.6) is 5.75 Å². The van der Waals surface area contributed by atoms with Gasteiger partial charge in [-0.15, -0.1) is 12.4 Å². The molecule has 0 radical (unpaired) electrons. The fourth-order valence-electron chi connectivity index (χ4n) is 1.94. The van der Waals surface area contributed by atoms with Gasteiger partial charge in [-0.2, -0.15) is 0 Å². The molecule has 1 saturated heterocycles. The lowest BCUT2D eigenvalue weighted by Gasteiger charge is -2.23. The molecule has 21 heavy (non-hydrogen) atoms. The predicted octanol–water partition coefficient (Wildman–Crippen LogP) is 1.74. The molecule has 1 amide bonds. The lowest BCUT2D eigenvalue weighted by molar-refractivity contribution is -0.122. The quantitative estimate of drug-likeness (QED) is 0.739. The fraction of sp³-hybridized carbons (Fsp3) is 0.500. The van der Waals surface area contributed by atoms with Gasteiger partial charge in [0.2, 0.25) is 5.91 Å². The smallest absolute Gasteiger partial charge is 0.221 e. The van der Waals surface area contributed by atoms with Crippen molar-refractivity contribution >= 4 is 34.2 Å². The Morgan fingerprint density at radius 1 is 1.43 bits per heavy atom. The van der Waals surface area contributed by atoms with Crippen LogP contribution in [-0.2, 0) is 9.53 Å². The standard InChI is InChI=1S/C14H19BrN2O3.ClH/c15-11-1-3-13(4-2-11)20-8-6-17-14(18)9-12-10-19-7-5-16-12;/h1-4,12,16H,5-10H2,(H,17,18);1H. The Bertz CT molecular complexity index is 425. The highest BCUT2D eigenvalue weighted by molar-refractivity contribution is 9.10. The molecule has 1 aromatic rings. The highest BCUT2D eigenvalue weighted by Crippen LogP contribution is 2.15. The third kappa shape index (κ3) is 7.13. The minimum absolute atomic E-state index is 0. The first-order valence-electron chi connectivity index (χ1n) is 6.70. The van der Waals surface area contributed by atoms with E-state index in [-0.39, 0.29) is 24.4 Å². The van der Waals surface area contributed by atoms with Crippen LogP contribution in [0.3, 0.4) is 0 Å². The molecule has 0 bridgehead atoms. The van der Waals surface area contributed by atoms with E-state index >= 15 is 0 Å². The lowest BCUT2D eigenvalue weighted by atomic mass is 10.2. The summed E-state index contributed by atoms with van der Waals surface area (Å²) in [5, 5.41) is 6.09. The number of hydrogen-bond donors (Lipinski definition) is 2. The Morgan fingerprint density at radius 2 is 2.19 bits per heavy atom. The van der Waals surface area contributed by atoms with Gasteiger partial charge < -0.3 is 20.1 Å². The van der Waals surface area contributed by atoms with Crippen LogP contribution < -0.4 is 15.4 Å². The molecule has 118 valence electrons. The topological polar surface area (TPSA) is 59.6 Å². The van der Waals surface area contributed by atoms with Gasteiger partial charge in [0.1, 0.15) is 12.4 Å². The fourth-order valence-corrected chi connectivity index (χ4v) is 2.20. The van der Waals surface area contributed by atoms with Crippen LogP contribution in [0.15, 0.2) is 28.7 Å². The van der Waals surface area contributed by atoms with Gasteiger partial charge in [-0.1, -0.05) is 15.9 Å². The van der Waals surface area contributed by atoms with E-state index in [1.54, 1.807) is 0 Å². The van der Waals surface area contributed by atoms with Crippen LogP contribution in [0.4, 0.5) is 0 Å². The molecule has 1 heterocycles. The highest BCUT2D eigenvalue weighted by atomic mass is 79.9. The third-order valence-corrected chi connectivity index (χ3v) is 3.47. The second-order valence-corrected chi connectivity index (χ2v) is 5.50. The number of carbonyl (C=O) groups excluding carboxylic acids is 1. The summed E-state index contributed by atoms with van der Waals surface area (Å²) >= 11 is 3.36. The molecule has 1 atom stereocenters. The van der Waals surface area contributed by atoms with Crippen molar-refractivity contribution in [1.29, 1.82) is 0 Å². The van der Waals surface area contributed by atoms with E-state index in [9.17, 15) is 4.79 Å². The molecule has 0 aromatic heterocycles. The van der Waals surface area contributed by atoms with Crippen molar-refractivity contribution in [3.05, 3.63) is 28.7 Å². The number of rotatable bonds is 6. The molecule has 5 nitrogen and oxygen atoms in total. The van der Waals surface area contributed by atoms with Crippen molar-refractivity contribution in [3.8, 4) is 5.75 Å². The summed E-state index contributed by atoms with van der Waals surface area (Å²) in [5.74, 6) is 0.817. The maximum absolute atomic E-state index is 11.7. The lowest BCUT2D eigenvalue weighted by Crippen LogP contribution is -2.44. The number of carbonyl (C=O) groups is 1. The minimum Gasteiger partial charge on any atom is -0.492 e. The van der Waals surface area contributed by atoms with Gasteiger partial charge in [-0.3, -0.25) is 4.79 Å². The molecular formula is C14H20BrClN2O3. The highest BCUT2D eigenvalue weighted by Gasteiger charge is 2.16. The van der Waals surface area contributed by atoms with Gasteiger partial charge >= 0.3 is 0 Å². The predicted molar refractivity (Wildman–Crippen MR) is 87.1 cm³/mol. The molecule has 1 fully saturated rings. The number of morpholine rings is 1. The summed E-state index contributed by atoms with van der Waals surface area (Å²) in [6.07, 6.45) is 0.443. The van der Waals surface area contributed by atoms with E-state index in [0.29, 0.717) is 26.2 Å². The summed E-state index contributed by atoms with van der Waals surface area (Å²) in [6.45, 7) is 3.09. The van der Waals surface area contributed by atoms with Crippen molar-refractivity contribution in [2.75, 3.05) is 32.9 Å². The van der Waals surface area contributed by atoms with Crippen molar-refractivity contribution in [1.82, 2.24) is 10.6 Å². The van der Waals surface area contributed by atoms with E-state index in [1.165, 1.54) is 0 Å². The van der Waals surface area contributed by atoms with Crippen LogP contribution >= 0.6 is 28.3 Å². The second-order valence-electron chi connectivity index (χ2n) is 4.58. The van der Waals surface area contributed by atoms with Crippen molar-refractivity contribution in [3.63, 3.8) is 0 Å². The molecule has 0 saturated carbocycles. The van der Waals surface area contributed by atoms with Gasteiger partial charge in [0.25, 0.3) is 0 Å². The number of halogens is 2. The largest absolute Gasteiger partial charge is 0.492 e. The summed E-state index contributed by atoms with van der Waals surface area (Å²) < 4.78 is 11.8. The zero-order chi connectivity index (χ0) is 14.2. The zero-order valence-corrected chi connectivity index (χ0v) is 14.0. The zero-order valence-electron chi connectivity index (χ0n) is 11.6. The maximum atomic E-state index is 11.7. The Hall–Kier alpha value is -0.820. The summed E-state index contributed by atoms with van der Waals surface area (Å²) in [4.78, 5) is 11.7. The number of benzene rings is 1. The molecule has 1 aromatic carbocycles. The van der Waals surface area contributed by atoms with Crippen LogP contribution in [0, 0.1) is 0 Å². The molecule has 1 aliphatic heterocycles. The van der Waals surface area contributed by atoms with E-state index < -0.39 is 0 Å². The van der Waals surface area contributed by atoms with Crippen LogP contribution in [0.1, 0.15) is 6.42 Å². The summed E-state index contributed by atoms with van der Waals surface area (Å²) in [6, 6.07) is 7.73. The Balaban J connectivity index is 0.00000220. The van der Waals surface area contributed by atoms with Crippen molar-refractivity contribution in [2.45, 2.75) is 12.5 Å². The molecule has 2 rings (SSSR count). The van der Waals surface area contributed by atoms with Crippen LogP contribution in [0.2, 0.25) is 0 Å². The average molecular weight is 380 g/mol. The molecular weight excluding hydrogens is 360 g/mol. The van der Waals surface area contributed by atoms with E-state index in [1.807, 2.05) is 24.3 Å². The van der Waals surface area contributed by atoms with Gasteiger partial charge in [0.05, 0.1) is 19.8 Å². The number of nitrogens with one attached hydrogen (secondary N) is 2. The normalized spacial score (nSPS) is 17.7. The monoisotopic (exact) mass is 378 g/mol. The van der Waals surface area contributed by atoms with Gasteiger partial charge in [0, 0.05) is 23.5 Å². The molecule has 0 spiro atoms. The van der Waals surface area contributed by atoms with Crippen LogP contribution in [-0.4, -0.2) is 44.9 Å². The second kappa shape index (κ2) is 10.00. The van der Waals surface area contributed by atoms with Crippen molar-refractivity contribution < 1.29 is 14.3 Å². The molecule has 7 heteroatoms.